The lowest BCUT2D eigenvalue weighted by molar-refractivity contribution is 0.474. The summed E-state index contributed by atoms with van der Waals surface area (Å²) in [5, 5.41) is 0. The molecule has 1 saturated carbocycles. The molecular formula is C26H23N3O2. The second-order valence-electron chi connectivity index (χ2n) is 7.93. The highest BCUT2D eigenvalue weighted by Gasteiger charge is 2.42. The molecular weight excluding hydrogens is 386 g/mol. The lowest BCUT2D eigenvalue weighted by Gasteiger charge is -2.15. The van der Waals surface area contributed by atoms with Gasteiger partial charge < -0.3 is 9.72 Å². The minimum absolute atomic E-state index is 0.176. The second kappa shape index (κ2) is 7.84. The van der Waals surface area contributed by atoms with Crippen LogP contribution in [0.25, 0.3) is 22.8 Å². The molecule has 2 aromatic carbocycles. The van der Waals surface area contributed by atoms with Crippen molar-refractivity contribution in [3.63, 3.8) is 0 Å². The van der Waals surface area contributed by atoms with Crippen LogP contribution in [0.5, 0.6) is 11.5 Å². The van der Waals surface area contributed by atoms with E-state index in [-0.39, 0.29) is 11.3 Å². The maximum absolute atomic E-state index is 13.0. The zero-order valence-electron chi connectivity index (χ0n) is 17.3. The Balaban J connectivity index is 1.62. The van der Waals surface area contributed by atoms with E-state index >= 15 is 0 Å². The van der Waals surface area contributed by atoms with Gasteiger partial charge in [0, 0.05) is 11.8 Å². The lowest BCUT2D eigenvalue weighted by Crippen LogP contribution is -2.14. The van der Waals surface area contributed by atoms with Crippen molar-refractivity contribution in [3.05, 3.63) is 94.9 Å². The first-order valence-corrected chi connectivity index (χ1v) is 10.6. The molecule has 5 heteroatoms. The molecule has 2 heterocycles. The SMILES string of the molecule is CCC1(c2ccc(-c3nc(-c4ccccn4)[nH]c(=O)c3Oc3ccccc3)cc2)CC1. The number of pyridine rings is 1. The third-order valence-electron chi connectivity index (χ3n) is 6.05. The number of aromatic nitrogens is 3. The van der Waals surface area contributed by atoms with Crippen molar-refractivity contribution in [1.29, 1.82) is 0 Å². The second-order valence-corrected chi connectivity index (χ2v) is 7.93. The van der Waals surface area contributed by atoms with E-state index in [1.165, 1.54) is 18.4 Å². The Morgan fingerprint density at radius 2 is 1.71 bits per heavy atom. The summed E-state index contributed by atoms with van der Waals surface area (Å²) in [5.41, 5.74) is 3.27. The van der Waals surface area contributed by atoms with Gasteiger partial charge in [0.1, 0.15) is 17.1 Å². The third-order valence-corrected chi connectivity index (χ3v) is 6.05. The molecule has 154 valence electrons. The van der Waals surface area contributed by atoms with E-state index < -0.39 is 0 Å². The molecule has 0 aliphatic heterocycles. The monoisotopic (exact) mass is 409 g/mol. The molecule has 1 aliphatic rings. The van der Waals surface area contributed by atoms with Crippen LogP contribution in [0, 0.1) is 0 Å². The number of rotatable bonds is 6. The van der Waals surface area contributed by atoms with Crippen molar-refractivity contribution in [2.45, 2.75) is 31.6 Å². The maximum atomic E-state index is 13.0. The Morgan fingerprint density at radius 1 is 0.968 bits per heavy atom. The van der Waals surface area contributed by atoms with E-state index in [9.17, 15) is 4.79 Å². The van der Waals surface area contributed by atoms with Gasteiger partial charge in [-0.3, -0.25) is 9.78 Å². The van der Waals surface area contributed by atoms with Gasteiger partial charge >= 0.3 is 0 Å². The largest absolute Gasteiger partial charge is 0.449 e. The van der Waals surface area contributed by atoms with Crippen molar-refractivity contribution in [2.75, 3.05) is 0 Å². The maximum Gasteiger partial charge on any atom is 0.294 e. The van der Waals surface area contributed by atoms with Crippen molar-refractivity contribution < 1.29 is 4.74 Å². The Morgan fingerprint density at radius 3 is 2.35 bits per heavy atom. The van der Waals surface area contributed by atoms with Crippen LogP contribution >= 0.6 is 0 Å². The molecule has 0 bridgehead atoms. The fourth-order valence-corrected chi connectivity index (χ4v) is 3.96. The Kier molecular flexibility index (Phi) is 4.86. The number of para-hydroxylation sites is 1. The van der Waals surface area contributed by atoms with E-state index in [2.05, 4.69) is 29.0 Å². The molecule has 4 aromatic rings. The first kappa shape index (κ1) is 19.2. The molecule has 0 saturated heterocycles. The van der Waals surface area contributed by atoms with E-state index in [1.807, 2.05) is 60.7 Å². The molecule has 1 fully saturated rings. The quantitative estimate of drug-likeness (QED) is 0.441. The normalized spacial score (nSPS) is 14.2. The van der Waals surface area contributed by atoms with Crippen LogP contribution in [0.4, 0.5) is 0 Å². The smallest absolute Gasteiger partial charge is 0.294 e. The fourth-order valence-electron chi connectivity index (χ4n) is 3.96. The van der Waals surface area contributed by atoms with Crippen LogP contribution in [0.2, 0.25) is 0 Å². The zero-order chi connectivity index (χ0) is 21.3. The predicted molar refractivity (Wildman–Crippen MR) is 121 cm³/mol. The Hall–Kier alpha value is -3.73. The Bertz CT molecular complexity index is 1250. The minimum atomic E-state index is -0.342. The summed E-state index contributed by atoms with van der Waals surface area (Å²) in [7, 11) is 0. The highest BCUT2D eigenvalue weighted by Crippen LogP contribution is 2.51. The van der Waals surface area contributed by atoms with Crippen molar-refractivity contribution in [3.8, 4) is 34.3 Å². The van der Waals surface area contributed by atoms with Gasteiger partial charge in [-0.05, 0) is 54.5 Å². The molecule has 0 amide bonds. The zero-order valence-corrected chi connectivity index (χ0v) is 17.3. The summed E-state index contributed by atoms with van der Waals surface area (Å²) in [4.78, 5) is 25.0. The average molecular weight is 409 g/mol. The summed E-state index contributed by atoms with van der Waals surface area (Å²) < 4.78 is 5.99. The summed E-state index contributed by atoms with van der Waals surface area (Å²) in [6.45, 7) is 2.24. The molecule has 5 nitrogen and oxygen atoms in total. The van der Waals surface area contributed by atoms with Gasteiger partial charge in [-0.1, -0.05) is 55.5 Å². The summed E-state index contributed by atoms with van der Waals surface area (Å²) >= 11 is 0. The summed E-state index contributed by atoms with van der Waals surface area (Å²) in [6.07, 6.45) is 5.29. The number of ether oxygens (including phenoxy) is 1. The number of H-pyrrole nitrogens is 1. The van der Waals surface area contributed by atoms with Crippen molar-refractivity contribution >= 4 is 0 Å². The van der Waals surface area contributed by atoms with Gasteiger partial charge in [0.05, 0.1) is 0 Å². The first-order valence-electron chi connectivity index (χ1n) is 10.6. The average Bonchev–Trinajstić information content (AvgIpc) is 3.63. The van der Waals surface area contributed by atoms with E-state index in [1.54, 1.807) is 6.20 Å². The van der Waals surface area contributed by atoms with E-state index in [4.69, 9.17) is 9.72 Å². The van der Waals surface area contributed by atoms with Crippen molar-refractivity contribution in [1.82, 2.24) is 15.0 Å². The number of aromatic amines is 1. The molecule has 0 radical (unpaired) electrons. The van der Waals surface area contributed by atoms with Crippen LogP contribution in [-0.2, 0) is 5.41 Å². The molecule has 2 aromatic heterocycles. The van der Waals surface area contributed by atoms with Crippen LogP contribution in [0.1, 0.15) is 31.7 Å². The Labute approximate surface area is 180 Å². The van der Waals surface area contributed by atoms with Gasteiger partial charge in [-0.15, -0.1) is 0 Å². The number of hydrogen-bond acceptors (Lipinski definition) is 4. The standard InChI is InChI=1S/C26H23N3O2/c1-2-26(15-16-26)19-13-11-18(12-14-19)22-23(31-20-8-4-3-5-9-20)25(30)29-24(28-22)21-10-6-7-17-27-21/h3-14,17H,2,15-16H2,1H3,(H,28,29,30). The van der Waals surface area contributed by atoms with E-state index in [0.29, 0.717) is 28.4 Å². The van der Waals surface area contributed by atoms with Crippen LogP contribution in [0.15, 0.2) is 83.8 Å². The van der Waals surface area contributed by atoms with Crippen molar-refractivity contribution in [2.24, 2.45) is 0 Å². The van der Waals surface area contributed by atoms with Crippen LogP contribution in [-0.4, -0.2) is 15.0 Å². The van der Waals surface area contributed by atoms with Gasteiger partial charge in [-0.25, -0.2) is 4.98 Å². The number of benzene rings is 2. The van der Waals surface area contributed by atoms with E-state index in [0.717, 1.165) is 12.0 Å². The van der Waals surface area contributed by atoms with Gasteiger partial charge in [0.2, 0.25) is 5.75 Å². The number of nitrogens with one attached hydrogen (secondary N) is 1. The summed E-state index contributed by atoms with van der Waals surface area (Å²) in [6, 6.07) is 23.2. The first-order chi connectivity index (χ1) is 15.2. The van der Waals surface area contributed by atoms with Gasteiger partial charge in [0.15, 0.2) is 5.82 Å². The van der Waals surface area contributed by atoms with Gasteiger partial charge in [-0.2, -0.15) is 0 Å². The minimum Gasteiger partial charge on any atom is -0.449 e. The molecule has 1 N–H and O–H groups in total. The molecule has 5 rings (SSSR count). The summed E-state index contributed by atoms with van der Waals surface area (Å²) in [5.74, 6) is 1.17. The highest BCUT2D eigenvalue weighted by atomic mass is 16.5. The number of nitrogens with zero attached hydrogens (tertiary/aromatic N) is 2. The topological polar surface area (TPSA) is 67.9 Å². The highest BCUT2D eigenvalue weighted by molar-refractivity contribution is 5.69. The number of hydrogen-bond donors (Lipinski definition) is 1. The molecule has 31 heavy (non-hydrogen) atoms. The van der Waals surface area contributed by atoms with Gasteiger partial charge in [0.25, 0.3) is 5.56 Å². The van der Waals surface area contributed by atoms with Crippen LogP contribution < -0.4 is 10.3 Å². The lowest BCUT2D eigenvalue weighted by atomic mass is 9.92. The molecule has 0 spiro atoms. The molecule has 1 aliphatic carbocycles. The predicted octanol–water partition coefficient (Wildman–Crippen LogP) is 5.73. The van der Waals surface area contributed by atoms with Crippen LogP contribution in [0.3, 0.4) is 0 Å². The fraction of sp³-hybridized carbons (Fsp3) is 0.192. The molecule has 0 atom stereocenters. The molecule has 0 unspecified atom stereocenters. The third kappa shape index (κ3) is 3.75.